The Morgan fingerprint density at radius 3 is 2.89 bits per heavy atom. The first-order valence-corrected chi connectivity index (χ1v) is 7.49. The highest BCUT2D eigenvalue weighted by molar-refractivity contribution is 9.09. The molecule has 0 aliphatic carbocycles. The Morgan fingerprint density at radius 2 is 2.11 bits per heavy atom. The molecular weight excluding hydrogens is 290 g/mol. The Balaban J connectivity index is 2.11. The van der Waals surface area contributed by atoms with Gasteiger partial charge in [0.2, 0.25) is 0 Å². The highest BCUT2D eigenvalue weighted by Crippen LogP contribution is 2.24. The molecule has 0 saturated heterocycles. The molecule has 2 nitrogen and oxygen atoms in total. The summed E-state index contributed by atoms with van der Waals surface area (Å²) in [4.78, 5) is 4.39. The lowest BCUT2D eigenvalue weighted by Gasteiger charge is -2.15. The molecule has 1 heterocycles. The number of fused-ring (bicyclic) bond motifs is 1. The molecule has 1 unspecified atom stereocenters. The minimum Gasteiger partial charge on any atom is -0.491 e. The fraction of sp³-hybridized carbons (Fsp3) is 0.400. The van der Waals surface area contributed by atoms with Crippen molar-refractivity contribution >= 4 is 26.8 Å². The Labute approximate surface area is 117 Å². The summed E-state index contributed by atoms with van der Waals surface area (Å²) in [7, 11) is 0. The van der Waals surface area contributed by atoms with Gasteiger partial charge >= 0.3 is 0 Å². The third-order valence-electron chi connectivity index (χ3n) is 2.99. The maximum atomic E-state index is 5.93. The van der Waals surface area contributed by atoms with Crippen LogP contribution in [0.5, 0.6) is 5.75 Å². The van der Waals surface area contributed by atoms with Crippen molar-refractivity contribution in [3.8, 4) is 5.75 Å². The lowest BCUT2D eigenvalue weighted by Crippen LogP contribution is -2.13. The van der Waals surface area contributed by atoms with Crippen LogP contribution < -0.4 is 4.74 Å². The summed E-state index contributed by atoms with van der Waals surface area (Å²) in [5, 5.41) is 2.11. The molecule has 0 N–H and O–H groups in total. The molecule has 1 aromatic heterocycles. The molecule has 0 bridgehead atoms. The molecule has 1 atom stereocenters. The number of hydrogen-bond donors (Lipinski definition) is 0. The van der Waals surface area contributed by atoms with E-state index in [0.29, 0.717) is 5.92 Å². The van der Waals surface area contributed by atoms with E-state index >= 15 is 0 Å². The summed E-state index contributed by atoms with van der Waals surface area (Å²) >= 11 is 3.54. The van der Waals surface area contributed by atoms with E-state index in [1.54, 1.807) is 0 Å². The topological polar surface area (TPSA) is 22.1 Å². The highest BCUT2D eigenvalue weighted by Gasteiger charge is 2.09. The third kappa shape index (κ3) is 3.22. The van der Waals surface area contributed by atoms with E-state index in [0.717, 1.165) is 28.6 Å². The quantitative estimate of drug-likeness (QED) is 0.737. The number of rotatable bonds is 6. The third-order valence-corrected chi connectivity index (χ3v) is 3.90. The van der Waals surface area contributed by atoms with Crippen LogP contribution in [0.4, 0.5) is 0 Å². The van der Waals surface area contributed by atoms with Crippen molar-refractivity contribution in [2.45, 2.75) is 19.8 Å². The van der Waals surface area contributed by atoms with Gasteiger partial charge in [-0.1, -0.05) is 47.5 Å². The van der Waals surface area contributed by atoms with E-state index < -0.39 is 0 Å². The van der Waals surface area contributed by atoms with Gasteiger partial charge in [0.15, 0.2) is 0 Å². The summed E-state index contributed by atoms with van der Waals surface area (Å²) in [6.45, 7) is 2.95. The maximum absolute atomic E-state index is 5.93. The van der Waals surface area contributed by atoms with E-state index in [-0.39, 0.29) is 0 Å². The van der Waals surface area contributed by atoms with Crippen LogP contribution in [0.2, 0.25) is 0 Å². The number of alkyl halides is 1. The molecule has 2 rings (SSSR count). The lowest BCUT2D eigenvalue weighted by atomic mass is 10.1. The van der Waals surface area contributed by atoms with Crippen LogP contribution in [-0.2, 0) is 0 Å². The number of pyridine rings is 1. The number of para-hydroxylation sites is 1. The molecule has 0 fully saturated rings. The van der Waals surface area contributed by atoms with Gasteiger partial charge in [-0.25, -0.2) is 0 Å². The summed E-state index contributed by atoms with van der Waals surface area (Å²) in [5.74, 6) is 1.45. The maximum Gasteiger partial charge on any atom is 0.145 e. The summed E-state index contributed by atoms with van der Waals surface area (Å²) in [5.41, 5.74) is 0.949. The van der Waals surface area contributed by atoms with Crippen LogP contribution in [0.25, 0.3) is 10.9 Å². The molecule has 2 aromatic rings. The van der Waals surface area contributed by atoms with Crippen molar-refractivity contribution in [1.82, 2.24) is 4.98 Å². The average molecular weight is 308 g/mol. The van der Waals surface area contributed by atoms with Crippen LogP contribution >= 0.6 is 15.9 Å². The van der Waals surface area contributed by atoms with Crippen molar-refractivity contribution in [3.05, 3.63) is 36.5 Å². The minimum absolute atomic E-state index is 0.564. The second-order valence-electron chi connectivity index (χ2n) is 4.45. The fourth-order valence-corrected chi connectivity index (χ4v) is 2.52. The van der Waals surface area contributed by atoms with Crippen molar-refractivity contribution in [1.29, 1.82) is 0 Å². The molecule has 96 valence electrons. The van der Waals surface area contributed by atoms with E-state index in [1.807, 2.05) is 24.4 Å². The average Bonchev–Trinajstić information content (AvgIpc) is 2.43. The zero-order valence-corrected chi connectivity index (χ0v) is 12.2. The van der Waals surface area contributed by atoms with Crippen LogP contribution in [0, 0.1) is 5.92 Å². The van der Waals surface area contributed by atoms with Gasteiger partial charge < -0.3 is 4.74 Å². The minimum atomic E-state index is 0.564. The van der Waals surface area contributed by atoms with Gasteiger partial charge in [-0.2, -0.15) is 0 Å². The number of halogens is 1. The van der Waals surface area contributed by atoms with Crippen molar-refractivity contribution in [2.24, 2.45) is 5.92 Å². The van der Waals surface area contributed by atoms with E-state index in [9.17, 15) is 0 Å². The number of ether oxygens (including phenoxy) is 1. The van der Waals surface area contributed by atoms with Crippen LogP contribution in [0.1, 0.15) is 19.8 Å². The number of benzene rings is 1. The number of nitrogens with zero attached hydrogens (tertiary/aromatic N) is 1. The molecule has 1 aromatic carbocycles. The van der Waals surface area contributed by atoms with Crippen LogP contribution in [0.3, 0.4) is 0 Å². The van der Waals surface area contributed by atoms with Gasteiger partial charge in [0.1, 0.15) is 11.3 Å². The molecule has 0 aliphatic rings. The molecule has 0 saturated carbocycles. The van der Waals surface area contributed by atoms with E-state index in [4.69, 9.17) is 4.74 Å². The van der Waals surface area contributed by atoms with Gasteiger partial charge in [-0.05, 0) is 18.6 Å². The van der Waals surface area contributed by atoms with Crippen LogP contribution in [-0.4, -0.2) is 16.9 Å². The van der Waals surface area contributed by atoms with Gasteiger partial charge in [0.05, 0.1) is 6.61 Å². The molecule has 18 heavy (non-hydrogen) atoms. The van der Waals surface area contributed by atoms with Crippen molar-refractivity contribution in [3.63, 3.8) is 0 Å². The molecular formula is C15H18BrNO. The molecule has 0 amide bonds. The molecule has 3 heteroatoms. The zero-order valence-electron chi connectivity index (χ0n) is 10.6. The summed E-state index contributed by atoms with van der Waals surface area (Å²) in [6.07, 6.45) is 4.18. The Morgan fingerprint density at radius 1 is 1.28 bits per heavy atom. The van der Waals surface area contributed by atoms with E-state index in [1.165, 1.54) is 12.8 Å². The standard InChI is InChI=1S/C15H18BrNO/c1-2-5-12(10-16)11-18-14-8-3-6-13-7-4-9-17-15(13)14/h3-4,6-9,12H,2,5,10-11H2,1H3. The first-order chi connectivity index (χ1) is 8.85. The van der Waals surface area contributed by atoms with Gasteiger partial charge in [0, 0.05) is 22.8 Å². The Hall–Kier alpha value is -1.09. The number of hydrogen-bond acceptors (Lipinski definition) is 2. The van der Waals surface area contributed by atoms with Crippen molar-refractivity contribution < 1.29 is 4.74 Å². The first kappa shape index (κ1) is 13.3. The molecule has 0 radical (unpaired) electrons. The van der Waals surface area contributed by atoms with Crippen LogP contribution in [0.15, 0.2) is 36.5 Å². The van der Waals surface area contributed by atoms with Gasteiger partial charge in [0.25, 0.3) is 0 Å². The monoisotopic (exact) mass is 307 g/mol. The first-order valence-electron chi connectivity index (χ1n) is 6.37. The zero-order chi connectivity index (χ0) is 12.8. The fourth-order valence-electron chi connectivity index (χ4n) is 2.01. The highest BCUT2D eigenvalue weighted by atomic mass is 79.9. The van der Waals surface area contributed by atoms with Gasteiger partial charge in [-0.15, -0.1) is 0 Å². The Kier molecular flexibility index (Phi) is 5.00. The second-order valence-corrected chi connectivity index (χ2v) is 5.10. The SMILES string of the molecule is CCCC(CBr)COc1cccc2cccnc12. The largest absolute Gasteiger partial charge is 0.491 e. The molecule has 0 spiro atoms. The second kappa shape index (κ2) is 6.74. The van der Waals surface area contributed by atoms with Gasteiger partial charge in [-0.3, -0.25) is 4.98 Å². The normalized spacial score (nSPS) is 12.6. The smallest absolute Gasteiger partial charge is 0.145 e. The summed E-state index contributed by atoms with van der Waals surface area (Å²) < 4.78 is 5.93. The predicted molar refractivity (Wildman–Crippen MR) is 79.4 cm³/mol. The summed E-state index contributed by atoms with van der Waals surface area (Å²) in [6, 6.07) is 10.1. The predicted octanol–water partition coefficient (Wildman–Crippen LogP) is 4.42. The molecule has 0 aliphatic heterocycles. The lowest BCUT2D eigenvalue weighted by molar-refractivity contribution is 0.257. The van der Waals surface area contributed by atoms with Crippen molar-refractivity contribution in [2.75, 3.05) is 11.9 Å². The number of aromatic nitrogens is 1. The van der Waals surface area contributed by atoms with E-state index in [2.05, 4.69) is 40.0 Å². The Bertz CT molecular complexity index is 495.